The van der Waals surface area contributed by atoms with Crippen LogP contribution in [0, 0.1) is 11.8 Å². The smallest absolute Gasteiger partial charge is 0.306 e. The Morgan fingerprint density at radius 1 is 1.26 bits per heavy atom. The minimum Gasteiger partial charge on any atom is -0.493 e. The van der Waals surface area contributed by atoms with E-state index in [1.165, 1.54) is 0 Å². The van der Waals surface area contributed by atoms with Crippen LogP contribution in [-0.2, 0) is 4.79 Å². The topological polar surface area (TPSA) is 68.7 Å². The Balaban J connectivity index is 1.64. The van der Waals surface area contributed by atoms with Gasteiger partial charge in [-0.25, -0.2) is 4.98 Å². The lowest BCUT2D eigenvalue weighted by atomic mass is 10.1. The molecular formula is C18H19NO4. The lowest BCUT2D eigenvalue weighted by Crippen LogP contribution is -2.06. The molecule has 1 saturated carbocycles. The van der Waals surface area contributed by atoms with Crippen molar-refractivity contribution in [2.45, 2.75) is 13.3 Å². The maximum atomic E-state index is 10.8. The van der Waals surface area contributed by atoms with Crippen molar-refractivity contribution in [3.05, 3.63) is 42.6 Å². The first-order valence-electron chi connectivity index (χ1n) is 7.73. The van der Waals surface area contributed by atoms with Crippen LogP contribution in [0.5, 0.6) is 11.6 Å². The van der Waals surface area contributed by atoms with E-state index in [4.69, 9.17) is 14.6 Å². The number of nitrogens with zero attached hydrogens (tertiary/aromatic N) is 1. The number of carbonyl (C=O) groups is 1. The van der Waals surface area contributed by atoms with Crippen molar-refractivity contribution in [1.29, 1.82) is 0 Å². The summed E-state index contributed by atoms with van der Waals surface area (Å²) >= 11 is 0. The predicted octanol–water partition coefficient (Wildman–Crippen LogP) is 3.25. The highest BCUT2D eigenvalue weighted by Crippen LogP contribution is 2.39. The fourth-order valence-corrected chi connectivity index (χ4v) is 2.53. The quantitative estimate of drug-likeness (QED) is 0.850. The number of carboxylic acid groups (broad SMARTS) is 1. The zero-order chi connectivity index (χ0) is 16.2. The molecule has 0 unspecified atom stereocenters. The van der Waals surface area contributed by atoms with E-state index in [0.29, 0.717) is 25.5 Å². The molecule has 2 aromatic rings. The second kappa shape index (κ2) is 6.69. The van der Waals surface area contributed by atoms with Crippen molar-refractivity contribution in [2.24, 2.45) is 11.8 Å². The van der Waals surface area contributed by atoms with Crippen LogP contribution in [0.3, 0.4) is 0 Å². The number of rotatable bonds is 7. The van der Waals surface area contributed by atoms with E-state index in [2.05, 4.69) is 4.98 Å². The second-order valence-electron chi connectivity index (χ2n) is 5.57. The number of hydrogen-bond donors (Lipinski definition) is 1. The second-order valence-corrected chi connectivity index (χ2v) is 5.57. The fourth-order valence-electron chi connectivity index (χ4n) is 2.53. The zero-order valence-electron chi connectivity index (χ0n) is 12.9. The van der Waals surface area contributed by atoms with Gasteiger partial charge in [0.2, 0.25) is 5.88 Å². The van der Waals surface area contributed by atoms with E-state index in [9.17, 15) is 4.79 Å². The lowest BCUT2D eigenvalue weighted by Gasteiger charge is -2.10. The molecule has 1 heterocycles. The standard InChI is InChI=1S/C18H19NO4/c1-2-22-17-15(4-3-9-19-17)12-5-7-14(8-6-12)23-11-13-10-16(13)18(20)21/h3-9,13,16H,2,10-11H2,1H3,(H,20,21)/t13-,16+/m1/s1. The molecule has 3 rings (SSSR count). The van der Waals surface area contributed by atoms with Gasteiger partial charge in [0.1, 0.15) is 5.75 Å². The number of aromatic nitrogens is 1. The molecule has 0 spiro atoms. The third-order valence-electron chi connectivity index (χ3n) is 3.92. The summed E-state index contributed by atoms with van der Waals surface area (Å²) in [6.45, 7) is 2.95. The highest BCUT2D eigenvalue weighted by atomic mass is 16.5. The SMILES string of the molecule is CCOc1ncccc1-c1ccc(OC[C@H]2C[C@@H]2C(=O)O)cc1. The molecule has 2 atom stereocenters. The molecule has 1 fully saturated rings. The molecule has 0 bridgehead atoms. The van der Waals surface area contributed by atoms with Gasteiger partial charge in [0.05, 0.1) is 19.1 Å². The Hall–Kier alpha value is -2.56. The van der Waals surface area contributed by atoms with Gasteiger partial charge < -0.3 is 14.6 Å². The van der Waals surface area contributed by atoms with Crippen molar-refractivity contribution in [2.75, 3.05) is 13.2 Å². The van der Waals surface area contributed by atoms with Crippen molar-refractivity contribution >= 4 is 5.97 Å². The fraction of sp³-hybridized carbons (Fsp3) is 0.333. The van der Waals surface area contributed by atoms with Crippen LogP contribution in [-0.4, -0.2) is 29.3 Å². The summed E-state index contributed by atoms with van der Waals surface area (Å²) in [5.41, 5.74) is 1.94. The van der Waals surface area contributed by atoms with Gasteiger partial charge in [0.25, 0.3) is 0 Å². The molecule has 1 aromatic heterocycles. The van der Waals surface area contributed by atoms with Crippen LogP contribution in [0.15, 0.2) is 42.6 Å². The van der Waals surface area contributed by atoms with Gasteiger partial charge >= 0.3 is 5.97 Å². The lowest BCUT2D eigenvalue weighted by molar-refractivity contribution is -0.138. The average molecular weight is 313 g/mol. The summed E-state index contributed by atoms with van der Waals surface area (Å²) in [5, 5.41) is 8.88. The first-order valence-corrected chi connectivity index (χ1v) is 7.73. The first kappa shape index (κ1) is 15.3. The maximum Gasteiger partial charge on any atom is 0.306 e. The number of hydrogen-bond acceptors (Lipinski definition) is 4. The molecule has 23 heavy (non-hydrogen) atoms. The van der Waals surface area contributed by atoms with Crippen molar-refractivity contribution in [3.63, 3.8) is 0 Å². The molecule has 1 aliphatic rings. The molecule has 0 amide bonds. The van der Waals surface area contributed by atoms with Gasteiger partial charge in [-0.2, -0.15) is 0 Å². The van der Waals surface area contributed by atoms with Crippen LogP contribution >= 0.6 is 0 Å². The summed E-state index contributed by atoms with van der Waals surface area (Å²) < 4.78 is 11.2. The van der Waals surface area contributed by atoms with Gasteiger partial charge in [-0.1, -0.05) is 12.1 Å². The minimum atomic E-state index is -0.728. The monoisotopic (exact) mass is 313 g/mol. The Kier molecular flexibility index (Phi) is 4.46. The highest BCUT2D eigenvalue weighted by Gasteiger charge is 2.43. The van der Waals surface area contributed by atoms with Crippen LogP contribution in [0.2, 0.25) is 0 Å². The van der Waals surface area contributed by atoms with Gasteiger partial charge in [-0.05, 0) is 43.2 Å². The Bertz CT molecular complexity index is 684. The molecule has 0 saturated heterocycles. The zero-order valence-corrected chi connectivity index (χ0v) is 12.9. The molecule has 5 heteroatoms. The Morgan fingerprint density at radius 3 is 2.70 bits per heavy atom. The molecular weight excluding hydrogens is 294 g/mol. The largest absolute Gasteiger partial charge is 0.493 e. The summed E-state index contributed by atoms with van der Waals surface area (Å²) in [5.74, 6) is 0.528. The number of pyridine rings is 1. The van der Waals surface area contributed by atoms with Crippen molar-refractivity contribution < 1.29 is 19.4 Å². The maximum absolute atomic E-state index is 10.8. The van der Waals surface area contributed by atoms with E-state index in [1.54, 1.807) is 6.20 Å². The highest BCUT2D eigenvalue weighted by molar-refractivity contribution is 5.73. The van der Waals surface area contributed by atoms with Gasteiger partial charge in [-0.3, -0.25) is 4.79 Å². The molecule has 120 valence electrons. The molecule has 0 radical (unpaired) electrons. The molecule has 1 aliphatic carbocycles. The van der Waals surface area contributed by atoms with Crippen LogP contribution in [0.25, 0.3) is 11.1 Å². The summed E-state index contributed by atoms with van der Waals surface area (Å²) in [7, 11) is 0. The summed E-state index contributed by atoms with van der Waals surface area (Å²) in [4.78, 5) is 15.0. The van der Waals surface area contributed by atoms with E-state index < -0.39 is 5.97 Å². The van der Waals surface area contributed by atoms with E-state index >= 15 is 0 Å². The minimum absolute atomic E-state index is 0.134. The third kappa shape index (κ3) is 3.62. The van der Waals surface area contributed by atoms with E-state index in [-0.39, 0.29) is 11.8 Å². The van der Waals surface area contributed by atoms with Gasteiger partial charge in [0.15, 0.2) is 0 Å². The van der Waals surface area contributed by atoms with Gasteiger partial charge in [-0.15, -0.1) is 0 Å². The van der Waals surface area contributed by atoms with E-state index in [1.807, 2.05) is 43.3 Å². The summed E-state index contributed by atoms with van der Waals surface area (Å²) in [6.07, 6.45) is 2.42. The van der Waals surface area contributed by atoms with Crippen molar-refractivity contribution in [1.82, 2.24) is 4.98 Å². The number of ether oxygens (including phenoxy) is 2. The van der Waals surface area contributed by atoms with E-state index in [0.717, 1.165) is 16.9 Å². The van der Waals surface area contributed by atoms with Crippen LogP contribution in [0.4, 0.5) is 0 Å². The van der Waals surface area contributed by atoms with Crippen molar-refractivity contribution in [3.8, 4) is 22.8 Å². The predicted molar refractivity (Wildman–Crippen MR) is 85.6 cm³/mol. The number of carboxylic acids is 1. The third-order valence-corrected chi connectivity index (χ3v) is 3.92. The first-order chi connectivity index (χ1) is 11.2. The van der Waals surface area contributed by atoms with Crippen LogP contribution < -0.4 is 9.47 Å². The Labute approximate surface area is 134 Å². The molecule has 1 N–H and O–H groups in total. The number of aliphatic carboxylic acids is 1. The molecule has 0 aliphatic heterocycles. The van der Waals surface area contributed by atoms with Crippen LogP contribution in [0.1, 0.15) is 13.3 Å². The van der Waals surface area contributed by atoms with Gasteiger partial charge in [0, 0.05) is 17.7 Å². The normalized spacial score (nSPS) is 19.2. The Morgan fingerprint density at radius 2 is 2.04 bits per heavy atom. The summed E-state index contributed by atoms with van der Waals surface area (Å²) in [6, 6.07) is 11.5. The molecule has 5 nitrogen and oxygen atoms in total. The average Bonchev–Trinajstić information content (AvgIpc) is 3.34. The molecule has 1 aromatic carbocycles. The number of benzene rings is 1.